The molecule has 37 valence electrons. The zero-order valence-electron chi connectivity index (χ0n) is 3.12. The van der Waals surface area contributed by atoms with E-state index in [1.807, 2.05) is 0 Å². The number of hydrogen-bond acceptors (Lipinski definition) is 2. The quantitative estimate of drug-likeness (QED) is 0.424. The molecule has 1 N–H and O–H groups in total. The van der Waals surface area contributed by atoms with Gasteiger partial charge in [-0.1, -0.05) is 0 Å². The smallest absolute Gasteiger partial charge is 0.261 e. The second-order valence-corrected chi connectivity index (χ2v) is 2.20. The van der Waals surface area contributed by atoms with Crippen molar-refractivity contribution in [3.05, 3.63) is 0 Å². The third-order valence-electron chi connectivity index (χ3n) is 0. The van der Waals surface area contributed by atoms with E-state index in [-0.39, 0.29) is 24.4 Å². The van der Waals surface area contributed by atoms with Crippen molar-refractivity contribution < 1.29 is 13.0 Å². The molecule has 0 saturated carbocycles. The van der Waals surface area contributed by atoms with Gasteiger partial charge in [-0.3, -0.25) is 4.55 Å². The summed E-state index contributed by atoms with van der Waals surface area (Å²) < 4.78 is 25.9. The van der Waals surface area contributed by atoms with Crippen LogP contribution >= 0.6 is 0 Å². The average molecular weight is 218 g/mol. The minimum absolute atomic E-state index is 0. The van der Waals surface area contributed by atoms with Crippen LogP contribution in [0.2, 0.25) is 0 Å². The second kappa shape index (κ2) is 2.83. The van der Waals surface area contributed by atoms with Crippen LogP contribution in [-0.2, 0) is 10.1 Å². The van der Waals surface area contributed by atoms with E-state index in [1.54, 1.807) is 0 Å². The van der Waals surface area contributed by atoms with E-state index < -0.39 is 10.1 Å². The van der Waals surface area contributed by atoms with Crippen LogP contribution in [0.25, 0.3) is 0 Å². The van der Waals surface area contributed by atoms with Crippen LogP contribution in [0.15, 0.2) is 0 Å². The van der Waals surface area contributed by atoms with Crippen LogP contribution in [0, 0.1) is 0 Å². The molecule has 3 nitrogen and oxygen atoms in total. The van der Waals surface area contributed by atoms with E-state index in [2.05, 4.69) is 0 Å². The summed E-state index contributed by atoms with van der Waals surface area (Å²) in [6.07, 6.45) is 0.715. The average Bonchev–Trinajstić information content (AvgIpc) is 0.722. The van der Waals surface area contributed by atoms with Gasteiger partial charge >= 0.3 is 0 Å². The van der Waals surface area contributed by atoms with Crippen molar-refractivity contribution in [3.8, 4) is 0 Å². The number of rotatable bonds is 0. The topological polar surface area (TPSA) is 54.4 Å². The predicted octanol–water partition coefficient (Wildman–Crippen LogP) is -0.877. The minimum Gasteiger partial charge on any atom is -0.286 e. The summed E-state index contributed by atoms with van der Waals surface area (Å²) in [5.41, 5.74) is 0. The standard InChI is InChI=1S/CH4O3S.Sb/c1-5(2,3)4;/h1H3,(H,2,3,4);. The summed E-state index contributed by atoms with van der Waals surface area (Å²) in [6, 6.07) is 0. The molecule has 0 aliphatic carbocycles. The fourth-order valence-corrected chi connectivity index (χ4v) is 0. The monoisotopic (exact) mass is 217 g/mol. The van der Waals surface area contributed by atoms with Gasteiger partial charge in [0.2, 0.25) is 0 Å². The molecule has 0 spiro atoms. The zero-order valence-corrected chi connectivity index (χ0v) is 6.49. The molecule has 0 amide bonds. The Morgan fingerprint density at radius 3 is 1.50 bits per heavy atom. The van der Waals surface area contributed by atoms with Crippen LogP contribution in [0.5, 0.6) is 0 Å². The molecule has 0 unspecified atom stereocenters. The van der Waals surface area contributed by atoms with Crippen molar-refractivity contribution in [1.29, 1.82) is 0 Å². The maximum atomic E-state index is 9.19. The Labute approximate surface area is 53.9 Å². The van der Waals surface area contributed by atoms with E-state index in [1.165, 1.54) is 0 Å². The first kappa shape index (κ1) is 9.88. The molecule has 0 heterocycles. The van der Waals surface area contributed by atoms with E-state index in [0.717, 1.165) is 0 Å². The molecule has 5 heteroatoms. The second-order valence-electron chi connectivity index (χ2n) is 0.733. The molecule has 0 aromatic carbocycles. The van der Waals surface area contributed by atoms with Crippen molar-refractivity contribution >= 4 is 34.5 Å². The fraction of sp³-hybridized carbons (Fsp3) is 1.00. The molecule has 0 aliphatic heterocycles. The molecule has 3 radical (unpaired) electrons. The van der Waals surface area contributed by atoms with Crippen LogP contribution in [0.3, 0.4) is 0 Å². The molecule has 0 saturated heterocycles. The van der Waals surface area contributed by atoms with Gasteiger partial charge < -0.3 is 0 Å². The molecule has 6 heavy (non-hydrogen) atoms. The van der Waals surface area contributed by atoms with Crippen LogP contribution < -0.4 is 0 Å². The van der Waals surface area contributed by atoms with Gasteiger partial charge in [0.05, 0.1) is 6.26 Å². The maximum absolute atomic E-state index is 9.19. The Morgan fingerprint density at radius 2 is 1.50 bits per heavy atom. The maximum Gasteiger partial charge on any atom is 0.261 e. The molecule has 0 bridgehead atoms. The minimum atomic E-state index is -3.67. The van der Waals surface area contributed by atoms with Gasteiger partial charge in [0, 0.05) is 24.4 Å². The molecule has 0 atom stereocenters. The van der Waals surface area contributed by atoms with Gasteiger partial charge in [0.15, 0.2) is 0 Å². The first-order valence-corrected chi connectivity index (χ1v) is 2.77. The Hall–Kier alpha value is 0.728. The van der Waals surface area contributed by atoms with Crippen molar-refractivity contribution in [1.82, 2.24) is 0 Å². The van der Waals surface area contributed by atoms with E-state index in [9.17, 15) is 8.42 Å². The van der Waals surface area contributed by atoms with Crippen molar-refractivity contribution in [2.45, 2.75) is 0 Å². The first-order valence-electron chi connectivity index (χ1n) is 0.924. The van der Waals surface area contributed by atoms with Crippen LogP contribution in [-0.4, -0.2) is 43.7 Å². The summed E-state index contributed by atoms with van der Waals surface area (Å²) in [5, 5.41) is 0. The van der Waals surface area contributed by atoms with Crippen molar-refractivity contribution in [2.24, 2.45) is 0 Å². The summed E-state index contributed by atoms with van der Waals surface area (Å²) in [7, 11) is -3.67. The third-order valence-corrected chi connectivity index (χ3v) is 0. The molecule has 0 aromatic heterocycles. The molecular weight excluding hydrogens is 214 g/mol. The van der Waals surface area contributed by atoms with Gasteiger partial charge in [-0.15, -0.1) is 0 Å². The van der Waals surface area contributed by atoms with Gasteiger partial charge in [0.25, 0.3) is 10.1 Å². The van der Waals surface area contributed by atoms with E-state index in [4.69, 9.17) is 4.55 Å². The Kier molecular flexibility index (Phi) is 4.66. The first-order chi connectivity index (χ1) is 2.00. The molecule has 0 fully saturated rings. The third kappa shape index (κ3) is 124. The zero-order chi connectivity index (χ0) is 4.50. The number of hydrogen-bond donors (Lipinski definition) is 1. The summed E-state index contributed by atoms with van der Waals surface area (Å²) in [6.45, 7) is 0. The Morgan fingerprint density at radius 1 is 1.50 bits per heavy atom. The van der Waals surface area contributed by atoms with Gasteiger partial charge in [-0.25, -0.2) is 0 Å². The van der Waals surface area contributed by atoms with E-state index >= 15 is 0 Å². The summed E-state index contributed by atoms with van der Waals surface area (Å²) in [5.74, 6) is 0. The van der Waals surface area contributed by atoms with Crippen molar-refractivity contribution in [2.75, 3.05) is 6.26 Å². The van der Waals surface area contributed by atoms with Gasteiger partial charge in [-0.2, -0.15) is 8.42 Å². The fourth-order valence-electron chi connectivity index (χ4n) is 0. The normalized spacial score (nSPS) is 9.67. The van der Waals surface area contributed by atoms with Crippen LogP contribution in [0.4, 0.5) is 0 Å². The molecule has 0 rings (SSSR count). The van der Waals surface area contributed by atoms with Crippen LogP contribution in [0.1, 0.15) is 0 Å². The molecule has 0 aromatic rings. The van der Waals surface area contributed by atoms with Gasteiger partial charge in [0.1, 0.15) is 0 Å². The van der Waals surface area contributed by atoms with E-state index in [0.29, 0.717) is 6.26 Å². The molecule has 0 aliphatic rings. The van der Waals surface area contributed by atoms with Crippen molar-refractivity contribution in [3.63, 3.8) is 0 Å². The Balaban J connectivity index is 0. The summed E-state index contributed by atoms with van der Waals surface area (Å²) >= 11 is 0. The Bertz CT molecular complexity index is 94.0. The molecular formula is CH4O3SSb. The summed E-state index contributed by atoms with van der Waals surface area (Å²) in [4.78, 5) is 0. The largest absolute Gasteiger partial charge is 0.286 e. The predicted molar refractivity (Wildman–Crippen MR) is 23.2 cm³/mol. The van der Waals surface area contributed by atoms with Gasteiger partial charge in [-0.05, 0) is 0 Å². The SMILES string of the molecule is CS(=O)(=O)O.[Sb].